The Bertz CT molecular complexity index is 1040. The maximum absolute atomic E-state index is 12.6. The number of allylic oxidation sites excluding steroid dienone is 1. The number of rotatable bonds is 10. The van der Waals surface area contributed by atoms with Crippen LogP contribution in [0.3, 0.4) is 0 Å². The first-order valence-corrected chi connectivity index (χ1v) is 10.7. The van der Waals surface area contributed by atoms with Crippen LogP contribution in [0.1, 0.15) is 34.3 Å². The van der Waals surface area contributed by atoms with Crippen molar-refractivity contribution in [2.24, 2.45) is 0 Å². The summed E-state index contributed by atoms with van der Waals surface area (Å²) in [5.74, 6) is -0.452. The minimum atomic E-state index is -3.75. The van der Waals surface area contributed by atoms with Crippen LogP contribution in [0.5, 0.6) is 5.75 Å². The highest BCUT2D eigenvalue weighted by Gasteiger charge is 2.20. The third-order valence-electron chi connectivity index (χ3n) is 4.56. The minimum Gasteiger partial charge on any atom is -0.496 e. The highest BCUT2D eigenvalue weighted by atomic mass is 32.2. The van der Waals surface area contributed by atoms with Crippen LogP contribution in [0.15, 0.2) is 53.4 Å². The molecule has 0 radical (unpaired) electrons. The van der Waals surface area contributed by atoms with Crippen LogP contribution >= 0.6 is 0 Å². The van der Waals surface area contributed by atoms with Gasteiger partial charge in [0, 0.05) is 25.6 Å². The third-order valence-corrected chi connectivity index (χ3v) is 6.43. The van der Waals surface area contributed by atoms with Gasteiger partial charge in [-0.15, -0.1) is 0 Å². The van der Waals surface area contributed by atoms with Gasteiger partial charge in [-0.25, -0.2) is 12.7 Å². The van der Waals surface area contributed by atoms with Crippen molar-refractivity contribution >= 4 is 27.9 Å². The molecule has 0 spiro atoms. The van der Waals surface area contributed by atoms with E-state index in [1.54, 1.807) is 13.2 Å². The van der Waals surface area contributed by atoms with Gasteiger partial charge in [-0.05, 0) is 66.9 Å². The number of carbonyl (C=O) groups excluding carboxylic acids is 1. The van der Waals surface area contributed by atoms with E-state index < -0.39 is 16.0 Å². The van der Waals surface area contributed by atoms with Crippen LogP contribution in [0.25, 0.3) is 6.08 Å². The average Bonchev–Trinajstić information content (AvgIpc) is 2.71. The molecule has 2 rings (SSSR count). The lowest BCUT2D eigenvalue weighted by Gasteiger charge is -2.16. The van der Waals surface area contributed by atoms with E-state index in [1.807, 2.05) is 25.1 Å². The molecule has 1 N–H and O–H groups in total. The molecule has 160 valence electrons. The lowest BCUT2D eigenvalue weighted by Crippen LogP contribution is -2.28. The number of carbonyl (C=O) groups is 2. The van der Waals surface area contributed by atoms with Gasteiger partial charge >= 0.3 is 5.97 Å². The molecule has 0 heterocycles. The Labute approximate surface area is 176 Å². The number of aryl methyl sites for hydroxylation is 1. The smallest absolute Gasteiger partial charge is 0.303 e. The van der Waals surface area contributed by atoms with Gasteiger partial charge in [0.1, 0.15) is 5.75 Å². The molecule has 7 nitrogen and oxygen atoms in total. The first-order valence-electron chi connectivity index (χ1n) is 9.30. The molecular formula is C22H25NO6S. The SMILES string of the molecule is COc1ccc(C=CC(=O)c2ccc(S(=O)(=O)N(C)CCCC(=O)O)cc2)cc1C. The summed E-state index contributed by atoms with van der Waals surface area (Å²) in [6.07, 6.45) is 3.24. The molecule has 0 amide bonds. The second-order valence-corrected chi connectivity index (χ2v) is 8.82. The monoisotopic (exact) mass is 431 g/mol. The van der Waals surface area contributed by atoms with Crippen molar-refractivity contribution in [1.82, 2.24) is 4.31 Å². The lowest BCUT2D eigenvalue weighted by molar-refractivity contribution is -0.137. The predicted molar refractivity (Wildman–Crippen MR) is 114 cm³/mol. The molecule has 8 heteroatoms. The predicted octanol–water partition coefficient (Wildman–Crippen LogP) is 3.39. The summed E-state index contributed by atoms with van der Waals surface area (Å²) in [5.41, 5.74) is 2.17. The van der Waals surface area contributed by atoms with E-state index in [1.165, 1.54) is 37.4 Å². The Morgan fingerprint density at radius 3 is 2.37 bits per heavy atom. The Balaban J connectivity index is 2.07. The maximum atomic E-state index is 12.6. The van der Waals surface area contributed by atoms with Crippen molar-refractivity contribution in [2.75, 3.05) is 20.7 Å². The highest BCUT2D eigenvalue weighted by molar-refractivity contribution is 7.89. The summed E-state index contributed by atoms with van der Waals surface area (Å²) in [7, 11) is -0.752. The van der Waals surface area contributed by atoms with Gasteiger partial charge in [-0.2, -0.15) is 0 Å². The standard InChI is InChI=1S/C22H25NO6S/c1-16-15-17(7-13-21(16)29-3)6-12-20(24)18-8-10-19(11-9-18)30(27,28)23(2)14-4-5-22(25)26/h6-13,15H,4-5,14H2,1-3H3,(H,25,26). The van der Waals surface area contributed by atoms with Gasteiger partial charge in [0.2, 0.25) is 10.0 Å². The van der Waals surface area contributed by atoms with Crippen molar-refractivity contribution < 1.29 is 27.9 Å². The topological polar surface area (TPSA) is 101 Å². The van der Waals surface area contributed by atoms with E-state index >= 15 is 0 Å². The molecule has 0 aliphatic carbocycles. The second kappa shape index (κ2) is 10.2. The number of sulfonamides is 1. The zero-order chi connectivity index (χ0) is 22.3. The minimum absolute atomic E-state index is 0.0478. The average molecular weight is 432 g/mol. The molecule has 0 fully saturated rings. The molecule has 0 saturated carbocycles. The fourth-order valence-electron chi connectivity index (χ4n) is 2.82. The molecule has 0 atom stereocenters. The number of hydrogen-bond acceptors (Lipinski definition) is 5. The van der Waals surface area contributed by atoms with E-state index in [2.05, 4.69) is 0 Å². The van der Waals surface area contributed by atoms with Gasteiger partial charge in [0.25, 0.3) is 0 Å². The number of aliphatic carboxylic acids is 1. The van der Waals surface area contributed by atoms with Crippen molar-refractivity contribution in [3.63, 3.8) is 0 Å². The summed E-state index contributed by atoms with van der Waals surface area (Å²) < 4.78 is 31.4. The number of hydrogen-bond donors (Lipinski definition) is 1. The zero-order valence-electron chi connectivity index (χ0n) is 17.2. The van der Waals surface area contributed by atoms with Gasteiger partial charge < -0.3 is 9.84 Å². The summed E-state index contributed by atoms with van der Waals surface area (Å²) in [4.78, 5) is 23.0. The number of nitrogens with zero attached hydrogens (tertiary/aromatic N) is 1. The lowest BCUT2D eigenvalue weighted by atomic mass is 10.1. The third kappa shape index (κ3) is 6.01. The summed E-state index contributed by atoms with van der Waals surface area (Å²) >= 11 is 0. The van der Waals surface area contributed by atoms with Crippen LogP contribution in [0.2, 0.25) is 0 Å². The Morgan fingerprint density at radius 2 is 1.80 bits per heavy atom. The molecule has 0 aliphatic rings. The number of carboxylic acid groups (broad SMARTS) is 1. The summed E-state index contributed by atoms with van der Waals surface area (Å²) in [5, 5.41) is 8.67. The molecule has 0 bridgehead atoms. The van der Waals surface area contributed by atoms with Crippen molar-refractivity contribution in [3.8, 4) is 5.75 Å². The first kappa shape index (κ1) is 23.3. The van der Waals surface area contributed by atoms with Crippen molar-refractivity contribution in [2.45, 2.75) is 24.7 Å². The molecule has 0 saturated heterocycles. The van der Waals surface area contributed by atoms with E-state index in [-0.39, 0.29) is 30.1 Å². The molecule has 2 aromatic carbocycles. The van der Waals surface area contributed by atoms with Crippen molar-refractivity contribution in [1.29, 1.82) is 0 Å². The van der Waals surface area contributed by atoms with E-state index in [0.717, 1.165) is 21.2 Å². The fourth-order valence-corrected chi connectivity index (χ4v) is 4.03. The second-order valence-electron chi connectivity index (χ2n) is 6.77. The number of carboxylic acids is 1. The Hall–Kier alpha value is -2.97. The van der Waals surface area contributed by atoms with Gasteiger partial charge in [0.15, 0.2) is 5.78 Å². The van der Waals surface area contributed by atoms with Crippen molar-refractivity contribution in [3.05, 3.63) is 65.2 Å². The molecule has 30 heavy (non-hydrogen) atoms. The molecule has 0 aromatic heterocycles. The van der Waals surface area contributed by atoms with Crippen LogP contribution in [-0.4, -0.2) is 50.3 Å². The molecule has 2 aromatic rings. The van der Waals surface area contributed by atoms with Crippen LogP contribution in [0, 0.1) is 6.92 Å². The van der Waals surface area contributed by atoms with Gasteiger partial charge in [-0.3, -0.25) is 9.59 Å². The Kier molecular flexibility index (Phi) is 7.91. The number of benzene rings is 2. The summed E-state index contributed by atoms with van der Waals surface area (Å²) in [6, 6.07) is 11.2. The Morgan fingerprint density at radius 1 is 1.13 bits per heavy atom. The quantitative estimate of drug-likeness (QED) is 0.457. The fraction of sp³-hybridized carbons (Fsp3) is 0.273. The maximum Gasteiger partial charge on any atom is 0.303 e. The normalized spacial score (nSPS) is 11.7. The number of ether oxygens (including phenoxy) is 1. The number of methoxy groups -OCH3 is 1. The highest BCUT2D eigenvalue weighted by Crippen LogP contribution is 2.20. The van der Waals surface area contributed by atoms with Crippen LogP contribution in [-0.2, 0) is 14.8 Å². The zero-order valence-corrected chi connectivity index (χ0v) is 18.0. The molecule has 0 unspecified atom stereocenters. The van der Waals surface area contributed by atoms with Crippen LogP contribution in [0.4, 0.5) is 0 Å². The number of ketones is 1. The van der Waals surface area contributed by atoms with Gasteiger partial charge in [0.05, 0.1) is 12.0 Å². The van der Waals surface area contributed by atoms with Gasteiger partial charge in [-0.1, -0.05) is 12.1 Å². The largest absolute Gasteiger partial charge is 0.496 e. The summed E-state index contributed by atoms with van der Waals surface area (Å²) in [6.45, 7) is 2.01. The van der Waals surface area contributed by atoms with E-state index in [0.29, 0.717) is 5.56 Å². The van der Waals surface area contributed by atoms with E-state index in [4.69, 9.17) is 9.84 Å². The molecule has 0 aliphatic heterocycles. The first-order chi connectivity index (χ1) is 14.1. The van der Waals surface area contributed by atoms with E-state index in [9.17, 15) is 18.0 Å². The van der Waals surface area contributed by atoms with Crippen LogP contribution < -0.4 is 4.74 Å². The molecular weight excluding hydrogens is 406 g/mol.